The van der Waals surface area contributed by atoms with Crippen molar-refractivity contribution >= 4 is 21.5 Å². The lowest BCUT2D eigenvalue weighted by Crippen LogP contribution is -2.09. The van der Waals surface area contributed by atoms with Gasteiger partial charge in [-0.3, -0.25) is 0 Å². The van der Waals surface area contributed by atoms with E-state index in [1.807, 2.05) is 0 Å². The Morgan fingerprint density at radius 3 is 2.50 bits per heavy atom. The van der Waals surface area contributed by atoms with E-state index in [2.05, 4.69) is 0 Å². The molecule has 0 spiro atoms. The van der Waals surface area contributed by atoms with E-state index in [0.717, 1.165) is 6.26 Å². The van der Waals surface area contributed by atoms with Crippen LogP contribution in [-0.2, 0) is 9.84 Å². The van der Waals surface area contributed by atoms with Gasteiger partial charge in [0.25, 0.3) is 0 Å². The van der Waals surface area contributed by atoms with Crippen molar-refractivity contribution in [2.75, 3.05) is 31.5 Å². The molecule has 0 aliphatic carbocycles. The number of aromatic carboxylic acids is 1. The molecule has 112 valence electrons. The maximum atomic E-state index is 11.0. The molecule has 0 aliphatic heterocycles. The van der Waals surface area contributed by atoms with Crippen molar-refractivity contribution in [2.45, 2.75) is 6.42 Å². The molecule has 1 aromatic carbocycles. The van der Waals surface area contributed by atoms with Crippen LogP contribution in [0.4, 0.5) is 5.69 Å². The van der Waals surface area contributed by atoms with Crippen LogP contribution in [0, 0.1) is 0 Å². The molecular formula is C12H17NO6S. The third-order valence-electron chi connectivity index (χ3n) is 2.48. The van der Waals surface area contributed by atoms with Crippen LogP contribution in [0.1, 0.15) is 16.8 Å². The molecule has 1 aromatic rings. The molecule has 0 saturated carbocycles. The first-order valence-corrected chi connectivity index (χ1v) is 7.82. The molecular weight excluding hydrogens is 286 g/mol. The van der Waals surface area contributed by atoms with Gasteiger partial charge < -0.3 is 20.3 Å². The molecule has 0 fully saturated rings. The highest BCUT2D eigenvalue weighted by Crippen LogP contribution is 2.32. The van der Waals surface area contributed by atoms with E-state index in [9.17, 15) is 13.2 Å². The Kier molecular flexibility index (Phi) is 5.20. The smallest absolute Gasteiger partial charge is 0.337 e. The second-order valence-corrected chi connectivity index (χ2v) is 6.49. The van der Waals surface area contributed by atoms with Crippen LogP contribution in [0.5, 0.6) is 11.5 Å². The van der Waals surface area contributed by atoms with Crippen LogP contribution in [0.3, 0.4) is 0 Å². The molecule has 0 atom stereocenters. The summed E-state index contributed by atoms with van der Waals surface area (Å²) in [6, 6.07) is 2.62. The molecule has 0 aliphatic rings. The zero-order chi connectivity index (χ0) is 15.3. The largest absolute Gasteiger partial charge is 0.493 e. The van der Waals surface area contributed by atoms with Crippen molar-refractivity contribution in [3.05, 3.63) is 17.7 Å². The van der Waals surface area contributed by atoms with Gasteiger partial charge in [0.05, 0.1) is 30.7 Å². The molecule has 8 heteroatoms. The number of nitrogens with two attached hydrogens (primary N) is 1. The fourth-order valence-electron chi connectivity index (χ4n) is 1.54. The quantitative estimate of drug-likeness (QED) is 0.565. The number of rotatable bonds is 7. The van der Waals surface area contributed by atoms with Crippen LogP contribution in [0.2, 0.25) is 0 Å². The predicted molar refractivity (Wildman–Crippen MR) is 74.2 cm³/mol. The number of hydrogen-bond donors (Lipinski definition) is 2. The number of benzene rings is 1. The number of anilines is 1. The minimum absolute atomic E-state index is 0.00389. The van der Waals surface area contributed by atoms with Crippen molar-refractivity contribution in [3.8, 4) is 11.5 Å². The molecule has 0 heterocycles. The summed E-state index contributed by atoms with van der Waals surface area (Å²) in [5.41, 5.74) is 5.56. The summed E-state index contributed by atoms with van der Waals surface area (Å²) < 4.78 is 32.4. The maximum Gasteiger partial charge on any atom is 0.337 e. The molecule has 1 rings (SSSR count). The first kappa shape index (κ1) is 16.1. The summed E-state index contributed by atoms with van der Waals surface area (Å²) in [6.45, 7) is 0.131. The lowest BCUT2D eigenvalue weighted by atomic mass is 10.1. The molecule has 0 bridgehead atoms. The van der Waals surface area contributed by atoms with Crippen LogP contribution in [0.15, 0.2) is 12.1 Å². The summed E-state index contributed by atoms with van der Waals surface area (Å²) in [5.74, 6) is -0.665. The van der Waals surface area contributed by atoms with Gasteiger partial charge in [-0.05, 0) is 6.42 Å². The fraction of sp³-hybridized carbons (Fsp3) is 0.417. The van der Waals surface area contributed by atoms with Crippen LogP contribution >= 0.6 is 0 Å². The fourth-order valence-corrected chi connectivity index (χ4v) is 2.18. The molecule has 20 heavy (non-hydrogen) atoms. The van der Waals surface area contributed by atoms with Gasteiger partial charge in [0.1, 0.15) is 9.84 Å². The summed E-state index contributed by atoms with van der Waals surface area (Å²) in [7, 11) is -1.65. The highest BCUT2D eigenvalue weighted by molar-refractivity contribution is 7.90. The van der Waals surface area contributed by atoms with Crippen molar-refractivity contribution in [1.82, 2.24) is 0 Å². The van der Waals surface area contributed by atoms with Crippen molar-refractivity contribution in [1.29, 1.82) is 0 Å². The number of ether oxygens (including phenoxy) is 2. The van der Waals surface area contributed by atoms with E-state index in [1.165, 1.54) is 19.2 Å². The molecule has 0 saturated heterocycles. The van der Waals surface area contributed by atoms with Gasteiger partial charge in [0, 0.05) is 18.4 Å². The van der Waals surface area contributed by atoms with E-state index >= 15 is 0 Å². The third-order valence-corrected chi connectivity index (χ3v) is 3.51. The zero-order valence-corrected chi connectivity index (χ0v) is 12.1. The van der Waals surface area contributed by atoms with E-state index in [4.69, 9.17) is 20.3 Å². The molecule has 0 radical (unpaired) electrons. The molecule has 0 amide bonds. The molecule has 3 N–H and O–H groups in total. The number of carboxylic acids is 1. The maximum absolute atomic E-state index is 11.0. The van der Waals surface area contributed by atoms with Gasteiger partial charge in [0.15, 0.2) is 11.5 Å². The molecule has 0 unspecified atom stereocenters. The number of methoxy groups -OCH3 is 1. The van der Waals surface area contributed by atoms with E-state index in [0.29, 0.717) is 12.2 Å². The normalized spacial score (nSPS) is 11.1. The number of nitrogen functional groups attached to an aromatic ring is 1. The summed E-state index contributed by atoms with van der Waals surface area (Å²) in [6.07, 6.45) is 1.44. The Labute approximate surface area is 117 Å². The van der Waals surface area contributed by atoms with E-state index in [-0.39, 0.29) is 29.4 Å². The van der Waals surface area contributed by atoms with Crippen LogP contribution < -0.4 is 15.2 Å². The third kappa shape index (κ3) is 4.61. The monoisotopic (exact) mass is 303 g/mol. The standard InChI is InChI=1S/C12H17NO6S/c1-18-10-7-9(13)8(12(14)15)6-11(10)19-4-3-5-20(2,16)17/h6-7H,3-5,13H2,1-2H3,(H,14,15). The average Bonchev–Trinajstić information content (AvgIpc) is 2.33. The van der Waals surface area contributed by atoms with Crippen LogP contribution in [0.25, 0.3) is 0 Å². The zero-order valence-electron chi connectivity index (χ0n) is 11.3. The Morgan fingerprint density at radius 2 is 2.00 bits per heavy atom. The number of hydrogen-bond acceptors (Lipinski definition) is 6. The van der Waals surface area contributed by atoms with Crippen molar-refractivity contribution < 1.29 is 27.8 Å². The van der Waals surface area contributed by atoms with Gasteiger partial charge in [0.2, 0.25) is 0 Å². The minimum atomic E-state index is -3.05. The number of sulfone groups is 1. The van der Waals surface area contributed by atoms with Crippen molar-refractivity contribution in [2.24, 2.45) is 0 Å². The Morgan fingerprint density at radius 1 is 1.35 bits per heavy atom. The predicted octanol–water partition coefficient (Wildman–Crippen LogP) is 0.789. The first-order chi connectivity index (χ1) is 9.24. The Balaban J connectivity index is 2.82. The summed E-state index contributed by atoms with van der Waals surface area (Å²) in [4.78, 5) is 11.0. The highest BCUT2D eigenvalue weighted by Gasteiger charge is 2.14. The molecule has 0 aromatic heterocycles. The Hall–Kier alpha value is -1.96. The second kappa shape index (κ2) is 6.47. The van der Waals surface area contributed by atoms with Gasteiger partial charge in [-0.25, -0.2) is 13.2 Å². The number of carbonyl (C=O) groups is 1. The number of carboxylic acid groups (broad SMARTS) is 1. The lowest BCUT2D eigenvalue weighted by molar-refractivity contribution is 0.0697. The summed E-state index contributed by atoms with van der Waals surface area (Å²) in [5, 5.41) is 8.98. The average molecular weight is 303 g/mol. The lowest BCUT2D eigenvalue weighted by Gasteiger charge is -2.12. The Bertz CT molecular complexity index is 596. The van der Waals surface area contributed by atoms with Gasteiger partial charge in [-0.2, -0.15) is 0 Å². The van der Waals surface area contributed by atoms with Gasteiger partial charge in [-0.1, -0.05) is 0 Å². The summed E-state index contributed by atoms with van der Waals surface area (Å²) >= 11 is 0. The van der Waals surface area contributed by atoms with Gasteiger partial charge >= 0.3 is 5.97 Å². The SMILES string of the molecule is COc1cc(N)c(C(=O)O)cc1OCCCS(C)(=O)=O. The topological polar surface area (TPSA) is 116 Å². The molecule has 7 nitrogen and oxygen atoms in total. The van der Waals surface area contributed by atoms with Gasteiger partial charge in [-0.15, -0.1) is 0 Å². The second-order valence-electron chi connectivity index (χ2n) is 4.23. The van der Waals surface area contributed by atoms with Crippen molar-refractivity contribution in [3.63, 3.8) is 0 Å². The first-order valence-electron chi connectivity index (χ1n) is 5.76. The van der Waals surface area contributed by atoms with Crippen LogP contribution in [-0.4, -0.2) is 45.2 Å². The highest BCUT2D eigenvalue weighted by atomic mass is 32.2. The van der Waals surface area contributed by atoms with E-state index < -0.39 is 15.8 Å². The minimum Gasteiger partial charge on any atom is -0.493 e. The van der Waals surface area contributed by atoms with E-state index in [1.54, 1.807) is 0 Å².